The Morgan fingerprint density at radius 2 is 2.03 bits per heavy atom. The van der Waals surface area contributed by atoms with Crippen molar-refractivity contribution < 1.29 is 4.79 Å². The van der Waals surface area contributed by atoms with E-state index >= 15 is 0 Å². The third kappa shape index (κ3) is 3.62. The molecule has 0 spiro atoms. The Morgan fingerprint density at radius 1 is 1.19 bits per heavy atom. The monoisotopic (exact) mass is 413 g/mol. The lowest BCUT2D eigenvalue weighted by molar-refractivity contribution is 0.102. The molecule has 1 aromatic carbocycles. The van der Waals surface area contributed by atoms with Gasteiger partial charge in [-0.25, -0.2) is 15.0 Å². The van der Waals surface area contributed by atoms with Crippen LogP contribution in [0.1, 0.15) is 40.6 Å². The summed E-state index contributed by atoms with van der Waals surface area (Å²) in [6.45, 7) is 2.93. The predicted molar refractivity (Wildman–Crippen MR) is 120 cm³/mol. The second-order valence-corrected chi connectivity index (χ2v) is 7.75. The van der Waals surface area contributed by atoms with Gasteiger partial charge in [0.1, 0.15) is 28.7 Å². The van der Waals surface area contributed by atoms with E-state index in [2.05, 4.69) is 20.6 Å². The van der Waals surface area contributed by atoms with Crippen molar-refractivity contribution in [3.63, 3.8) is 0 Å². The first-order chi connectivity index (χ1) is 15.1. The fourth-order valence-electron chi connectivity index (χ4n) is 3.95. The Balaban J connectivity index is 1.47. The number of fused-ring (bicyclic) bond motifs is 1. The maximum absolute atomic E-state index is 12.6. The lowest BCUT2D eigenvalue weighted by Gasteiger charge is -2.08. The average Bonchev–Trinajstić information content (AvgIpc) is 3.44. The number of nitrogens with two attached hydrogens (primary N) is 1. The highest BCUT2D eigenvalue weighted by Gasteiger charge is 2.24. The first-order valence-electron chi connectivity index (χ1n) is 10.3. The lowest BCUT2D eigenvalue weighted by Crippen LogP contribution is -2.16. The number of aromatic nitrogens is 4. The quantitative estimate of drug-likeness (QED) is 0.473. The number of aryl methyl sites for hydroxylation is 1. The molecular weight excluding hydrogens is 390 g/mol. The van der Waals surface area contributed by atoms with Crippen LogP contribution in [0.5, 0.6) is 0 Å². The third-order valence-corrected chi connectivity index (χ3v) is 5.56. The molecule has 1 amide bonds. The summed E-state index contributed by atoms with van der Waals surface area (Å²) in [6, 6.07) is 11.2. The number of nitrogens with zero attached hydrogens (tertiary/aromatic N) is 4. The first-order valence-corrected chi connectivity index (χ1v) is 10.3. The molecule has 8 heteroatoms. The van der Waals surface area contributed by atoms with Gasteiger partial charge in [-0.3, -0.25) is 9.20 Å². The predicted octanol–water partition coefficient (Wildman–Crippen LogP) is 3.36. The van der Waals surface area contributed by atoms with Crippen LogP contribution in [0.15, 0.2) is 55.0 Å². The van der Waals surface area contributed by atoms with Crippen LogP contribution in [0.4, 0.5) is 11.6 Å². The number of carbonyl (C=O) groups is 1. The summed E-state index contributed by atoms with van der Waals surface area (Å²) in [5.74, 6) is 1.67. The van der Waals surface area contributed by atoms with Gasteiger partial charge in [0.15, 0.2) is 0 Å². The van der Waals surface area contributed by atoms with E-state index in [0.717, 1.165) is 47.5 Å². The van der Waals surface area contributed by atoms with E-state index in [9.17, 15) is 4.79 Å². The van der Waals surface area contributed by atoms with Crippen LogP contribution in [-0.4, -0.2) is 31.8 Å². The van der Waals surface area contributed by atoms with E-state index in [4.69, 9.17) is 10.7 Å². The number of hydrogen-bond acceptors (Lipinski definition) is 6. The van der Waals surface area contributed by atoms with Gasteiger partial charge in [0.2, 0.25) is 0 Å². The van der Waals surface area contributed by atoms with Crippen molar-refractivity contribution >= 4 is 23.1 Å². The number of anilines is 2. The van der Waals surface area contributed by atoms with Gasteiger partial charge in [-0.2, -0.15) is 0 Å². The van der Waals surface area contributed by atoms with Crippen LogP contribution >= 0.6 is 0 Å². The van der Waals surface area contributed by atoms with Gasteiger partial charge >= 0.3 is 0 Å². The molecule has 3 aromatic heterocycles. The number of nitrogen functional groups attached to an aromatic ring is 1. The van der Waals surface area contributed by atoms with Crippen LogP contribution < -0.4 is 16.4 Å². The molecule has 0 radical (unpaired) electrons. The molecule has 1 fully saturated rings. The van der Waals surface area contributed by atoms with Gasteiger partial charge in [-0.05, 0) is 50.1 Å². The van der Waals surface area contributed by atoms with Gasteiger partial charge in [-0.1, -0.05) is 18.2 Å². The minimum Gasteiger partial charge on any atom is -0.382 e. The third-order valence-electron chi connectivity index (χ3n) is 5.56. The number of carbonyl (C=O) groups excluding carboxylic acids is 1. The normalized spacial score (nSPS) is 16.0. The number of imidazole rings is 1. The summed E-state index contributed by atoms with van der Waals surface area (Å²) in [5.41, 5.74) is 10.2. The van der Waals surface area contributed by atoms with Crippen LogP contribution in [0.25, 0.3) is 16.8 Å². The SMILES string of the molecule is Cc1ccc(NC(=O)c2ccc(-c3nc(C4CCCN4)n4ccnc(N)c34)cc2)nc1. The van der Waals surface area contributed by atoms with Gasteiger partial charge in [0, 0.05) is 29.7 Å². The van der Waals surface area contributed by atoms with Gasteiger partial charge in [-0.15, -0.1) is 0 Å². The Morgan fingerprint density at radius 3 is 2.74 bits per heavy atom. The largest absolute Gasteiger partial charge is 0.382 e. The van der Waals surface area contributed by atoms with E-state index < -0.39 is 0 Å². The van der Waals surface area contributed by atoms with E-state index in [-0.39, 0.29) is 11.9 Å². The molecule has 0 aliphatic carbocycles. The van der Waals surface area contributed by atoms with Crippen LogP contribution in [0.2, 0.25) is 0 Å². The Hall–Kier alpha value is -3.78. The lowest BCUT2D eigenvalue weighted by atomic mass is 10.1. The molecule has 1 aliphatic heterocycles. The van der Waals surface area contributed by atoms with E-state index in [1.165, 1.54) is 0 Å². The topological polar surface area (TPSA) is 110 Å². The van der Waals surface area contributed by atoms with E-state index in [0.29, 0.717) is 17.2 Å². The van der Waals surface area contributed by atoms with E-state index in [1.54, 1.807) is 30.6 Å². The molecule has 5 rings (SSSR count). The average molecular weight is 413 g/mol. The molecule has 1 atom stereocenters. The molecule has 1 aliphatic rings. The maximum Gasteiger partial charge on any atom is 0.256 e. The number of amides is 1. The van der Waals surface area contributed by atoms with Crippen molar-refractivity contribution in [3.8, 4) is 11.3 Å². The minimum atomic E-state index is -0.213. The maximum atomic E-state index is 12.6. The number of nitrogens with one attached hydrogen (secondary N) is 2. The van der Waals surface area contributed by atoms with Crippen LogP contribution in [-0.2, 0) is 0 Å². The van der Waals surface area contributed by atoms with E-state index in [1.807, 2.05) is 35.7 Å². The van der Waals surface area contributed by atoms with Crippen LogP contribution in [0, 0.1) is 6.92 Å². The van der Waals surface area contributed by atoms with Crippen molar-refractivity contribution in [2.75, 3.05) is 17.6 Å². The van der Waals surface area contributed by atoms with Crippen molar-refractivity contribution in [1.82, 2.24) is 24.7 Å². The second-order valence-electron chi connectivity index (χ2n) is 7.75. The molecule has 1 unspecified atom stereocenters. The standard InChI is InChI=1S/C23H23N7O/c1-14-4-9-18(27-13-14)28-23(31)16-7-5-15(6-8-16)19-20-21(24)26-11-12-30(20)22(29-19)17-3-2-10-25-17/h4-9,11-13,17,25H,2-3,10H2,1H3,(H2,24,26)(H,27,28,31). The fourth-order valence-corrected chi connectivity index (χ4v) is 3.95. The molecule has 156 valence electrons. The molecule has 1 saturated heterocycles. The summed E-state index contributed by atoms with van der Waals surface area (Å²) in [7, 11) is 0. The first kappa shape index (κ1) is 19.2. The zero-order chi connectivity index (χ0) is 21.4. The smallest absolute Gasteiger partial charge is 0.256 e. The Bertz CT molecular complexity index is 1240. The summed E-state index contributed by atoms with van der Waals surface area (Å²) >= 11 is 0. The molecule has 0 bridgehead atoms. The number of pyridine rings is 1. The highest BCUT2D eigenvalue weighted by Crippen LogP contribution is 2.32. The zero-order valence-corrected chi connectivity index (χ0v) is 17.2. The molecule has 8 nitrogen and oxygen atoms in total. The van der Waals surface area contributed by atoms with Gasteiger partial charge < -0.3 is 16.4 Å². The Labute approximate surface area is 179 Å². The van der Waals surface area contributed by atoms with Crippen molar-refractivity contribution in [2.24, 2.45) is 0 Å². The Kier molecular flexibility index (Phi) is 4.83. The number of benzene rings is 1. The minimum absolute atomic E-state index is 0.190. The number of hydrogen-bond donors (Lipinski definition) is 3. The molecule has 0 saturated carbocycles. The molecular formula is C23H23N7O. The zero-order valence-electron chi connectivity index (χ0n) is 17.2. The fraction of sp³-hybridized carbons (Fsp3) is 0.217. The van der Waals surface area contributed by atoms with Gasteiger partial charge in [0.05, 0.1) is 6.04 Å². The summed E-state index contributed by atoms with van der Waals surface area (Å²) < 4.78 is 2.02. The molecule has 31 heavy (non-hydrogen) atoms. The highest BCUT2D eigenvalue weighted by molar-refractivity contribution is 6.04. The van der Waals surface area contributed by atoms with Crippen LogP contribution in [0.3, 0.4) is 0 Å². The second kappa shape index (κ2) is 7.81. The highest BCUT2D eigenvalue weighted by atomic mass is 16.1. The number of rotatable bonds is 4. The van der Waals surface area contributed by atoms with Gasteiger partial charge in [0.25, 0.3) is 5.91 Å². The summed E-state index contributed by atoms with van der Waals surface area (Å²) in [4.78, 5) is 26.0. The summed E-state index contributed by atoms with van der Waals surface area (Å²) in [6.07, 6.45) is 7.46. The van der Waals surface area contributed by atoms with Crippen molar-refractivity contribution in [2.45, 2.75) is 25.8 Å². The molecule has 4 aromatic rings. The van der Waals surface area contributed by atoms with Crippen molar-refractivity contribution in [1.29, 1.82) is 0 Å². The summed E-state index contributed by atoms with van der Waals surface area (Å²) in [5, 5.41) is 6.31. The molecule has 4 heterocycles. The van der Waals surface area contributed by atoms with Crippen molar-refractivity contribution in [3.05, 3.63) is 71.9 Å². The molecule has 4 N–H and O–H groups in total.